The van der Waals surface area contributed by atoms with Gasteiger partial charge in [-0.2, -0.15) is 0 Å². The van der Waals surface area contributed by atoms with E-state index in [0.717, 1.165) is 16.3 Å². The zero-order chi connectivity index (χ0) is 15.1. The molecule has 0 saturated heterocycles. The minimum atomic E-state index is -0.261. The quantitative estimate of drug-likeness (QED) is 0.645. The van der Waals surface area contributed by atoms with Crippen molar-refractivity contribution in [3.05, 3.63) is 45.9 Å². The molecule has 0 aliphatic carbocycles. The largest absolute Gasteiger partial charge is 0.317 e. The van der Waals surface area contributed by atoms with E-state index in [4.69, 9.17) is 11.6 Å². The number of alkyl halides is 1. The Balaban J connectivity index is 2.27. The lowest BCUT2D eigenvalue weighted by Crippen LogP contribution is -2.11. The van der Waals surface area contributed by atoms with Crippen LogP contribution in [0.15, 0.2) is 23.7 Å². The molecule has 3 rings (SSSR count). The summed E-state index contributed by atoms with van der Waals surface area (Å²) in [5.74, 6) is 0.488. The highest BCUT2D eigenvalue weighted by molar-refractivity contribution is 7.09. The number of imidazole rings is 1. The number of benzene rings is 1. The average molecular weight is 324 g/mol. The van der Waals surface area contributed by atoms with Crippen molar-refractivity contribution < 1.29 is 4.39 Å². The van der Waals surface area contributed by atoms with Crippen molar-refractivity contribution in [1.82, 2.24) is 14.5 Å². The molecule has 2 atom stereocenters. The first-order valence-corrected chi connectivity index (χ1v) is 8.02. The molecule has 6 heteroatoms. The van der Waals surface area contributed by atoms with E-state index in [-0.39, 0.29) is 17.2 Å². The molecule has 2 aromatic heterocycles. The molecule has 0 fully saturated rings. The first-order valence-electron chi connectivity index (χ1n) is 6.70. The monoisotopic (exact) mass is 323 g/mol. The fraction of sp³-hybridized carbons (Fsp3) is 0.333. The molecule has 2 unspecified atom stereocenters. The van der Waals surface area contributed by atoms with E-state index in [0.29, 0.717) is 11.1 Å². The molecule has 0 bridgehead atoms. The summed E-state index contributed by atoms with van der Waals surface area (Å²) in [5, 5.41) is 2.66. The van der Waals surface area contributed by atoms with E-state index in [1.54, 1.807) is 24.5 Å². The molecule has 0 spiro atoms. The molecule has 0 amide bonds. The number of aryl methyl sites for hydroxylation is 1. The summed E-state index contributed by atoms with van der Waals surface area (Å²) >= 11 is 7.86. The minimum Gasteiger partial charge on any atom is -0.317 e. The third-order valence-corrected chi connectivity index (χ3v) is 4.69. The van der Waals surface area contributed by atoms with Gasteiger partial charge in [0.15, 0.2) is 0 Å². The number of fused-ring (bicyclic) bond motifs is 1. The van der Waals surface area contributed by atoms with E-state index in [1.807, 2.05) is 18.4 Å². The molecule has 3 nitrogen and oxygen atoms in total. The maximum Gasteiger partial charge on any atom is 0.128 e. The Labute approximate surface area is 131 Å². The Morgan fingerprint density at radius 3 is 2.71 bits per heavy atom. The van der Waals surface area contributed by atoms with Crippen molar-refractivity contribution in [3.8, 4) is 0 Å². The predicted octanol–water partition coefficient (Wildman–Crippen LogP) is 4.85. The first-order chi connectivity index (χ1) is 9.99. The number of hydrogen-bond acceptors (Lipinski definition) is 3. The van der Waals surface area contributed by atoms with Crippen molar-refractivity contribution >= 4 is 34.0 Å². The number of aromatic nitrogens is 3. The molecular weight excluding hydrogens is 309 g/mol. The second-order valence-electron chi connectivity index (χ2n) is 5.09. The maximum absolute atomic E-state index is 13.8. The molecule has 21 heavy (non-hydrogen) atoms. The number of hydrogen-bond donors (Lipinski definition) is 0. The second kappa shape index (κ2) is 5.39. The number of halogens is 2. The molecule has 0 saturated carbocycles. The molecule has 110 valence electrons. The highest BCUT2D eigenvalue weighted by Gasteiger charge is 2.22. The minimum absolute atomic E-state index is 0.0102. The van der Waals surface area contributed by atoms with Gasteiger partial charge in [-0.3, -0.25) is 0 Å². The van der Waals surface area contributed by atoms with Crippen molar-refractivity contribution in [2.45, 2.75) is 32.2 Å². The van der Waals surface area contributed by atoms with Gasteiger partial charge in [0.05, 0.1) is 22.5 Å². The normalized spacial score (nSPS) is 14.5. The van der Waals surface area contributed by atoms with Crippen molar-refractivity contribution in [2.24, 2.45) is 0 Å². The van der Waals surface area contributed by atoms with Crippen molar-refractivity contribution in [3.63, 3.8) is 0 Å². The Bertz CT molecular complexity index is 780. The summed E-state index contributed by atoms with van der Waals surface area (Å²) in [7, 11) is 0. The molecule has 3 aromatic rings. The van der Waals surface area contributed by atoms with Crippen LogP contribution >= 0.6 is 22.9 Å². The van der Waals surface area contributed by atoms with Gasteiger partial charge >= 0.3 is 0 Å². The lowest BCUT2D eigenvalue weighted by Gasteiger charge is -2.16. The van der Waals surface area contributed by atoms with Crippen LogP contribution in [-0.2, 0) is 0 Å². The van der Waals surface area contributed by atoms with Crippen molar-refractivity contribution in [2.75, 3.05) is 0 Å². The molecule has 0 aliphatic heterocycles. The van der Waals surface area contributed by atoms with Gasteiger partial charge in [-0.25, -0.2) is 14.4 Å². The summed E-state index contributed by atoms with van der Waals surface area (Å²) < 4.78 is 15.8. The third kappa shape index (κ3) is 2.45. The van der Waals surface area contributed by atoms with E-state index in [2.05, 4.69) is 21.5 Å². The molecule has 2 heterocycles. The van der Waals surface area contributed by atoms with Crippen LogP contribution in [0.4, 0.5) is 4.39 Å². The Hall–Kier alpha value is -1.46. The molecular formula is C15H15ClFN3S. The highest BCUT2D eigenvalue weighted by Crippen LogP contribution is 2.32. The second-order valence-corrected chi connectivity index (χ2v) is 6.67. The van der Waals surface area contributed by atoms with Gasteiger partial charge in [0, 0.05) is 17.6 Å². The van der Waals surface area contributed by atoms with Crippen LogP contribution in [0.3, 0.4) is 0 Å². The maximum atomic E-state index is 13.8. The zero-order valence-corrected chi connectivity index (χ0v) is 13.5. The van der Waals surface area contributed by atoms with E-state index in [1.165, 1.54) is 6.07 Å². The third-order valence-electron chi connectivity index (χ3n) is 3.55. The van der Waals surface area contributed by atoms with Gasteiger partial charge in [-0.15, -0.1) is 22.9 Å². The Kier molecular flexibility index (Phi) is 3.71. The molecule has 0 radical (unpaired) electrons. The van der Waals surface area contributed by atoms with Crippen molar-refractivity contribution in [1.29, 1.82) is 0 Å². The van der Waals surface area contributed by atoms with Gasteiger partial charge in [-0.1, -0.05) is 0 Å². The number of nitrogens with zero attached hydrogens (tertiary/aromatic N) is 3. The summed E-state index contributed by atoms with van der Waals surface area (Å²) in [6, 6.07) is 3.30. The smallest absolute Gasteiger partial charge is 0.128 e. The number of thiazole rings is 1. The SMILES string of the molecule is Cc1cc2c(cc1F)nc(C(C)Cl)n2C(C)c1nccs1. The Morgan fingerprint density at radius 2 is 2.10 bits per heavy atom. The van der Waals surface area contributed by atoms with Crippen LogP contribution in [0, 0.1) is 12.7 Å². The predicted molar refractivity (Wildman–Crippen MR) is 84.6 cm³/mol. The lowest BCUT2D eigenvalue weighted by molar-refractivity contribution is 0.612. The fourth-order valence-electron chi connectivity index (χ4n) is 2.48. The van der Waals surface area contributed by atoms with Gasteiger partial charge in [0.1, 0.15) is 16.6 Å². The van der Waals surface area contributed by atoms with Crippen LogP contribution < -0.4 is 0 Å². The van der Waals surface area contributed by atoms with Crippen LogP contribution in [0.5, 0.6) is 0 Å². The highest BCUT2D eigenvalue weighted by atomic mass is 35.5. The number of rotatable bonds is 3. The van der Waals surface area contributed by atoms with Gasteiger partial charge in [0.2, 0.25) is 0 Å². The van der Waals surface area contributed by atoms with Gasteiger partial charge in [0.25, 0.3) is 0 Å². The first kappa shape index (κ1) is 14.5. The molecule has 0 aliphatic rings. The summed E-state index contributed by atoms with van der Waals surface area (Å²) in [5.41, 5.74) is 2.12. The standard InChI is InChI=1S/C15H15ClFN3S/c1-8-6-13-12(7-11(8)17)19-14(9(2)16)20(13)10(3)15-18-4-5-21-15/h4-7,9-10H,1-3H3. The van der Waals surface area contributed by atoms with Crippen LogP contribution in [0.1, 0.15) is 41.7 Å². The van der Waals surface area contributed by atoms with Crippen LogP contribution in [-0.4, -0.2) is 14.5 Å². The summed E-state index contributed by atoms with van der Waals surface area (Å²) in [4.78, 5) is 8.89. The average Bonchev–Trinajstić information content (AvgIpc) is 3.06. The summed E-state index contributed by atoms with van der Waals surface area (Å²) in [6.45, 7) is 5.68. The topological polar surface area (TPSA) is 30.7 Å². The van der Waals surface area contributed by atoms with Gasteiger partial charge < -0.3 is 4.57 Å². The Morgan fingerprint density at radius 1 is 1.33 bits per heavy atom. The fourth-order valence-corrected chi connectivity index (χ4v) is 3.32. The van der Waals surface area contributed by atoms with Crippen LogP contribution in [0.25, 0.3) is 11.0 Å². The zero-order valence-electron chi connectivity index (χ0n) is 12.0. The molecule has 1 aromatic carbocycles. The van der Waals surface area contributed by atoms with E-state index < -0.39 is 0 Å². The van der Waals surface area contributed by atoms with Crippen LogP contribution in [0.2, 0.25) is 0 Å². The molecule has 0 N–H and O–H groups in total. The summed E-state index contributed by atoms with van der Waals surface area (Å²) in [6.07, 6.45) is 1.78. The van der Waals surface area contributed by atoms with E-state index >= 15 is 0 Å². The van der Waals surface area contributed by atoms with Gasteiger partial charge in [-0.05, 0) is 32.4 Å². The lowest BCUT2D eigenvalue weighted by atomic mass is 10.2. The van der Waals surface area contributed by atoms with E-state index in [9.17, 15) is 4.39 Å².